The average molecular weight is 1040 g/mol. The number of rotatable bonds is 57. The minimum atomic E-state index is -0.802. The molecule has 0 radical (unpaired) electrons. The Morgan fingerprint density at radius 2 is 0.520 bits per heavy atom. The lowest BCUT2D eigenvalue weighted by molar-refractivity contribution is -0.167. The molecular weight excluding hydrogens is 925 g/mol. The molecule has 0 heterocycles. The van der Waals surface area contributed by atoms with Crippen molar-refractivity contribution >= 4 is 17.9 Å². The van der Waals surface area contributed by atoms with E-state index in [1.807, 2.05) is 0 Å². The van der Waals surface area contributed by atoms with Gasteiger partial charge in [0.2, 0.25) is 0 Å². The van der Waals surface area contributed by atoms with E-state index in [1.54, 1.807) is 0 Å². The van der Waals surface area contributed by atoms with Gasteiger partial charge in [-0.2, -0.15) is 0 Å². The van der Waals surface area contributed by atoms with Crippen molar-refractivity contribution < 1.29 is 28.6 Å². The monoisotopic (exact) mass is 1040 g/mol. The summed E-state index contributed by atoms with van der Waals surface area (Å²) in [5.41, 5.74) is 0. The second-order valence-corrected chi connectivity index (χ2v) is 20.9. The molecule has 430 valence electrons. The number of carbonyl (C=O) groups is 3. The first-order chi connectivity index (χ1) is 37.0. The van der Waals surface area contributed by atoms with Crippen LogP contribution in [0.25, 0.3) is 0 Å². The Kier molecular flexibility index (Phi) is 59.8. The summed E-state index contributed by atoms with van der Waals surface area (Å²) in [6, 6.07) is 0. The van der Waals surface area contributed by atoms with Crippen LogP contribution in [0.5, 0.6) is 0 Å². The van der Waals surface area contributed by atoms with Crippen molar-refractivity contribution in [2.45, 2.75) is 309 Å². The highest BCUT2D eigenvalue weighted by Crippen LogP contribution is 2.15. The molecule has 0 aromatic rings. The molecule has 6 heteroatoms. The molecule has 0 amide bonds. The minimum absolute atomic E-state index is 0.0943. The van der Waals surface area contributed by atoms with Crippen LogP contribution in [0, 0.1) is 0 Å². The highest BCUT2D eigenvalue weighted by molar-refractivity contribution is 5.71. The van der Waals surface area contributed by atoms with Gasteiger partial charge in [-0.3, -0.25) is 14.4 Å². The Balaban J connectivity index is 4.44. The van der Waals surface area contributed by atoms with Crippen LogP contribution < -0.4 is 0 Å². The molecule has 0 N–H and O–H groups in total. The standard InChI is InChI=1S/C69H118O6/c1-4-7-10-13-16-19-22-25-28-31-33-34-36-38-41-44-47-50-53-56-59-62-68(71)74-65-66(64-73-67(70)61-58-55-52-49-46-43-40-37-30-27-24-21-18-15-12-9-6-3)75-69(72)63-60-57-54-51-48-45-42-39-35-32-29-26-23-20-17-14-11-8-5-2/h8,11,17-18,20-21,26-27,29-31,33,35,39,45,48,66H,4-7,9-10,12-16,19,22-25,28,32,34,36-38,40-44,46-47,49-65H2,1-3H3/b11-8-,20-17-,21-18-,29-26-,30-27-,33-31-,39-35-,48-45-. The summed E-state index contributed by atoms with van der Waals surface area (Å²) in [5.74, 6) is -0.928. The Labute approximate surface area is 464 Å². The van der Waals surface area contributed by atoms with Crippen molar-refractivity contribution in [1.82, 2.24) is 0 Å². The second-order valence-electron chi connectivity index (χ2n) is 20.9. The van der Waals surface area contributed by atoms with Crippen LogP contribution in [0.2, 0.25) is 0 Å². The molecule has 0 saturated heterocycles. The summed E-state index contributed by atoms with van der Waals surface area (Å²) < 4.78 is 16.9. The van der Waals surface area contributed by atoms with E-state index in [1.165, 1.54) is 154 Å². The molecule has 0 aliphatic heterocycles. The second kappa shape index (κ2) is 62.9. The third-order valence-electron chi connectivity index (χ3n) is 13.5. The van der Waals surface area contributed by atoms with Gasteiger partial charge in [-0.1, -0.05) is 259 Å². The highest BCUT2D eigenvalue weighted by Gasteiger charge is 2.19. The van der Waals surface area contributed by atoms with Crippen LogP contribution in [-0.4, -0.2) is 37.2 Å². The number of hydrogen-bond donors (Lipinski definition) is 0. The van der Waals surface area contributed by atoms with Gasteiger partial charge in [0, 0.05) is 19.3 Å². The fourth-order valence-corrected chi connectivity index (χ4v) is 8.79. The maximum absolute atomic E-state index is 12.9. The van der Waals surface area contributed by atoms with Crippen molar-refractivity contribution in [2.75, 3.05) is 13.2 Å². The Morgan fingerprint density at radius 3 is 0.867 bits per heavy atom. The van der Waals surface area contributed by atoms with E-state index in [-0.39, 0.29) is 37.5 Å². The first-order valence-corrected chi connectivity index (χ1v) is 31.7. The fraction of sp³-hybridized carbons (Fsp3) is 0.725. The van der Waals surface area contributed by atoms with E-state index < -0.39 is 6.10 Å². The maximum atomic E-state index is 12.9. The van der Waals surface area contributed by atoms with Gasteiger partial charge in [0.05, 0.1) is 0 Å². The average Bonchev–Trinajstić information content (AvgIpc) is 3.41. The number of esters is 3. The summed E-state index contributed by atoms with van der Waals surface area (Å²) in [6.07, 6.45) is 84.0. The number of hydrogen-bond acceptors (Lipinski definition) is 6. The number of carbonyl (C=O) groups excluding carboxylic acids is 3. The molecule has 0 bridgehead atoms. The van der Waals surface area contributed by atoms with Gasteiger partial charge in [-0.25, -0.2) is 0 Å². The predicted octanol–water partition coefficient (Wildman–Crippen LogP) is 21.7. The molecule has 0 spiro atoms. The van der Waals surface area contributed by atoms with Gasteiger partial charge in [0.15, 0.2) is 6.10 Å². The summed E-state index contributed by atoms with van der Waals surface area (Å²) in [5, 5.41) is 0. The summed E-state index contributed by atoms with van der Waals surface area (Å²) >= 11 is 0. The van der Waals surface area contributed by atoms with E-state index in [4.69, 9.17) is 14.2 Å². The summed E-state index contributed by atoms with van der Waals surface area (Å²) in [7, 11) is 0. The van der Waals surface area contributed by atoms with Crippen LogP contribution in [0.15, 0.2) is 97.2 Å². The van der Waals surface area contributed by atoms with Crippen molar-refractivity contribution in [3.63, 3.8) is 0 Å². The third-order valence-corrected chi connectivity index (χ3v) is 13.5. The highest BCUT2D eigenvalue weighted by atomic mass is 16.6. The third kappa shape index (κ3) is 61.1. The zero-order valence-corrected chi connectivity index (χ0v) is 49.3. The van der Waals surface area contributed by atoms with Crippen molar-refractivity contribution in [1.29, 1.82) is 0 Å². The van der Waals surface area contributed by atoms with Crippen LogP contribution in [0.4, 0.5) is 0 Å². The van der Waals surface area contributed by atoms with Crippen LogP contribution in [0.3, 0.4) is 0 Å². The molecule has 0 saturated carbocycles. The number of unbranched alkanes of at least 4 members (excludes halogenated alkanes) is 30. The minimum Gasteiger partial charge on any atom is -0.462 e. The van der Waals surface area contributed by atoms with Crippen LogP contribution in [0.1, 0.15) is 303 Å². The van der Waals surface area contributed by atoms with E-state index >= 15 is 0 Å². The van der Waals surface area contributed by atoms with Crippen molar-refractivity contribution in [3.8, 4) is 0 Å². The number of ether oxygens (including phenoxy) is 3. The molecule has 0 rings (SSSR count). The Hall–Kier alpha value is -3.67. The molecule has 0 aromatic carbocycles. The van der Waals surface area contributed by atoms with Crippen molar-refractivity contribution in [3.05, 3.63) is 97.2 Å². The smallest absolute Gasteiger partial charge is 0.306 e. The van der Waals surface area contributed by atoms with Gasteiger partial charge in [0.1, 0.15) is 13.2 Å². The maximum Gasteiger partial charge on any atom is 0.306 e. The molecule has 0 aliphatic rings. The first-order valence-electron chi connectivity index (χ1n) is 31.7. The predicted molar refractivity (Wildman–Crippen MR) is 325 cm³/mol. The summed E-state index contributed by atoms with van der Waals surface area (Å²) in [4.78, 5) is 38.3. The van der Waals surface area contributed by atoms with Gasteiger partial charge >= 0.3 is 17.9 Å². The molecule has 1 unspecified atom stereocenters. The topological polar surface area (TPSA) is 78.9 Å². The molecule has 0 aliphatic carbocycles. The zero-order valence-electron chi connectivity index (χ0n) is 49.3. The van der Waals surface area contributed by atoms with Crippen LogP contribution >= 0.6 is 0 Å². The molecular formula is C69H118O6. The fourth-order valence-electron chi connectivity index (χ4n) is 8.79. The molecule has 0 aromatic heterocycles. The van der Waals surface area contributed by atoms with Gasteiger partial charge in [-0.05, 0) is 122 Å². The molecule has 0 fully saturated rings. The molecule has 1 atom stereocenters. The van der Waals surface area contributed by atoms with E-state index in [0.717, 1.165) is 109 Å². The van der Waals surface area contributed by atoms with E-state index in [0.29, 0.717) is 12.8 Å². The van der Waals surface area contributed by atoms with Crippen LogP contribution in [-0.2, 0) is 28.6 Å². The van der Waals surface area contributed by atoms with Gasteiger partial charge in [-0.15, -0.1) is 0 Å². The largest absolute Gasteiger partial charge is 0.462 e. The summed E-state index contributed by atoms with van der Waals surface area (Å²) in [6.45, 7) is 6.49. The van der Waals surface area contributed by atoms with Gasteiger partial charge < -0.3 is 14.2 Å². The lowest BCUT2D eigenvalue weighted by Gasteiger charge is -2.18. The SMILES string of the molecule is CC/C=C\C/C=C\C/C=C\C/C=C\C/C=C\CCCCCC(=O)OC(COC(=O)CCCCCCCCC/C=C\C/C=C\CCCCC)COC(=O)CCCCCCCCCCC/C=C\CCCCCCCCCC. The van der Waals surface area contributed by atoms with E-state index in [2.05, 4.69) is 118 Å². The zero-order chi connectivity index (χ0) is 54.3. The normalized spacial score (nSPS) is 12.7. The van der Waals surface area contributed by atoms with Crippen molar-refractivity contribution in [2.24, 2.45) is 0 Å². The quantitative estimate of drug-likeness (QED) is 0.0261. The molecule has 75 heavy (non-hydrogen) atoms. The number of allylic oxidation sites excluding steroid dienone is 16. The van der Waals surface area contributed by atoms with E-state index in [9.17, 15) is 14.4 Å². The Bertz CT molecular complexity index is 1480. The first kappa shape index (κ1) is 71.3. The lowest BCUT2D eigenvalue weighted by Crippen LogP contribution is -2.30. The molecule has 6 nitrogen and oxygen atoms in total. The lowest BCUT2D eigenvalue weighted by atomic mass is 10.1. The Morgan fingerprint density at radius 1 is 0.280 bits per heavy atom. The van der Waals surface area contributed by atoms with Gasteiger partial charge in [0.25, 0.3) is 0 Å².